The number of aromatic nitrogens is 1. The minimum absolute atomic E-state index is 0. The number of thiazole rings is 1. The van der Waals surface area contributed by atoms with Crippen LogP contribution in [-0.4, -0.2) is 58.6 Å². The van der Waals surface area contributed by atoms with Crippen molar-refractivity contribution in [1.82, 2.24) is 9.88 Å². The van der Waals surface area contributed by atoms with E-state index in [1.165, 1.54) is 4.70 Å². The summed E-state index contributed by atoms with van der Waals surface area (Å²) in [4.78, 5) is 13.5. The van der Waals surface area contributed by atoms with Crippen LogP contribution < -0.4 is 113 Å². The standard InChI is InChI=1S/C7H17NO2.C7H5NS2.CH2O3.2K/c1-3-8(4-2)5-7(10)6-9;9-7-8-5-3-1-2-4-6(5)10-7;2-1(3)4;;/h7,9-10H,3-6H2,1-2H3;1-4H,(H,8,9);(H2,2,3,4);;/q;;;2*+1/p-2. The molecule has 0 bridgehead atoms. The molecular weight excluding hydrogens is 431 g/mol. The van der Waals surface area contributed by atoms with Crippen molar-refractivity contribution in [3.8, 4) is 0 Å². The van der Waals surface area contributed by atoms with Gasteiger partial charge in [-0.05, 0) is 43.6 Å². The molecule has 1 atom stereocenters. The molecule has 0 saturated heterocycles. The Hall–Kier alpha value is 1.75. The Bertz CT molecular complexity index is 610. The number of benzene rings is 1. The molecule has 0 saturated carbocycles. The van der Waals surface area contributed by atoms with Crippen molar-refractivity contribution >= 4 is 39.9 Å². The van der Waals surface area contributed by atoms with E-state index < -0.39 is 12.3 Å². The van der Waals surface area contributed by atoms with E-state index in [2.05, 4.69) is 16.0 Å². The molecule has 0 aliphatic rings. The summed E-state index contributed by atoms with van der Waals surface area (Å²) in [6.45, 7) is 6.35. The van der Waals surface area contributed by atoms with E-state index in [4.69, 9.17) is 37.4 Å². The van der Waals surface area contributed by atoms with Crippen molar-refractivity contribution in [2.75, 3.05) is 26.2 Å². The molecule has 7 nitrogen and oxygen atoms in total. The molecule has 0 radical (unpaired) electrons. The minimum Gasteiger partial charge on any atom is -0.652 e. The molecule has 1 aromatic heterocycles. The zero-order valence-corrected chi connectivity index (χ0v) is 23.5. The molecule has 2 rings (SSSR count). The average molecular weight is 453 g/mol. The van der Waals surface area contributed by atoms with E-state index in [1.807, 2.05) is 32.0 Å². The molecule has 0 fully saturated rings. The molecule has 136 valence electrons. The zero-order valence-electron chi connectivity index (χ0n) is 15.6. The van der Waals surface area contributed by atoms with Gasteiger partial charge in [-0.1, -0.05) is 26.0 Å². The van der Waals surface area contributed by atoms with Crippen LogP contribution in [0.15, 0.2) is 24.3 Å². The number of para-hydroxylation sites is 1. The fraction of sp³-hybridized carbons (Fsp3) is 0.467. The van der Waals surface area contributed by atoms with Gasteiger partial charge >= 0.3 is 103 Å². The molecule has 3 N–H and O–H groups in total. The Balaban J connectivity index is -0.000000319. The Morgan fingerprint density at radius 3 is 2.19 bits per heavy atom. The van der Waals surface area contributed by atoms with E-state index in [0.717, 1.165) is 22.6 Å². The molecular formula is C15H22K2N2O5S2. The van der Waals surface area contributed by atoms with Crippen LogP contribution in [0.4, 0.5) is 4.79 Å². The van der Waals surface area contributed by atoms with Crippen molar-refractivity contribution in [3.05, 3.63) is 28.2 Å². The number of likely N-dealkylation sites (N-methyl/N-ethyl adjacent to an activating group) is 1. The third-order valence-electron chi connectivity index (χ3n) is 2.90. The quantitative estimate of drug-likeness (QED) is 0.305. The van der Waals surface area contributed by atoms with Gasteiger partial charge in [0.25, 0.3) is 0 Å². The van der Waals surface area contributed by atoms with Crippen molar-refractivity contribution in [2.45, 2.75) is 20.0 Å². The topological polar surface area (TPSA) is 123 Å². The number of hydrogen-bond donors (Lipinski definition) is 3. The van der Waals surface area contributed by atoms with Gasteiger partial charge in [-0.25, -0.2) is 0 Å². The summed E-state index contributed by atoms with van der Waals surface area (Å²) in [7, 11) is 0. The number of nitrogens with zero attached hydrogens (tertiary/aromatic N) is 1. The summed E-state index contributed by atoms with van der Waals surface area (Å²) in [6.07, 6.45) is -2.92. The van der Waals surface area contributed by atoms with Gasteiger partial charge in [0.05, 0.1) is 22.9 Å². The summed E-state index contributed by atoms with van der Waals surface area (Å²) in [5.74, 6) is 0. The number of fused-ring (bicyclic) bond motifs is 1. The van der Waals surface area contributed by atoms with Crippen molar-refractivity contribution in [1.29, 1.82) is 0 Å². The first-order valence-electron chi connectivity index (χ1n) is 7.31. The molecule has 0 spiro atoms. The van der Waals surface area contributed by atoms with Gasteiger partial charge in [-0.15, -0.1) is 11.3 Å². The zero-order chi connectivity index (χ0) is 18.5. The number of H-pyrrole nitrogens is 1. The van der Waals surface area contributed by atoms with Crippen molar-refractivity contribution in [3.63, 3.8) is 0 Å². The molecule has 2 aromatic rings. The molecule has 1 heterocycles. The molecule has 0 amide bonds. The van der Waals surface area contributed by atoms with Gasteiger partial charge < -0.3 is 35.1 Å². The van der Waals surface area contributed by atoms with Crippen LogP contribution in [0.5, 0.6) is 0 Å². The number of aliphatic hydroxyl groups excluding tert-OH is 2. The van der Waals surface area contributed by atoms with E-state index in [1.54, 1.807) is 11.3 Å². The maximum atomic E-state index is 9.00. The van der Waals surface area contributed by atoms with Crippen molar-refractivity contribution in [2.24, 2.45) is 0 Å². The van der Waals surface area contributed by atoms with Crippen LogP contribution in [0.2, 0.25) is 0 Å². The van der Waals surface area contributed by atoms with E-state index in [-0.39, 0.29) is 109 Å². The smallest absolute Gasteiger partial charge is 0.652 e. The van der Waals surface area contributed by atoms with E-state index in [0.29, 0.717) is 6.54 Å². The minimum atomic E-state index is -2.33. The largest absolute Gasteiger partial charge is 1.00 e. The Morgan fingerprint density at radius 1 is 1.27 bits per heavy atom. The van der Waals surface area contributed by atoms with Crippen molar-refractivity contribution < 1.29 is 128 Å². The molecule has 1 unspecified atom stereocenters. The fourth-order valence-electron chi connectivity index (χ4n) is 1.73. The second-order valence-electron chi connectivity index (χ2n) is 4.58. The number of carbonyl (C=O) groups excluding carboxylic acids is 1. The van der Waals surface area contributed by atoms with Crippen LogP contribution in [0, 0.1) is 3.95 Å². The molecule has 0 aliphatic heterocycles. The predicted octanol–water partition coefficient (Wildman–Crippen LogP) is -5.80. The number of hydrogen-bond acceptors (Lipinski definition) is 8. The van der Waals surface area contributed by atoms with Crippen LogP contribution in [0.25, 0.3) is 10.2 Å². The average Bonchev–Trinajstić information content (AvgIpc) is 2.92. The first kappa shape index (κ1) is 32.4. The van der Waals surface area contributed by atoms with Gasteiger partial charge in [0.2, 0.25) is 0 Å². The first-order valence-corrected chi connectivity index (χ1v) is 8.53. The number of aliphatic hydroxyl groups is 2. The number of aromatic amines is 1. The fourth-order valence-corrected chi connectivity index (χ4v) is 2.85. The third kappa shape index (κ3) is 16.7. The van der Waals surface area contributed by atoms with Crippen LogP contribution in [-0.2, 0) is 0 Å². The SMILES string of the molecule is CCN(CC)CC(O)CO.O=C([O-])[O-].S=c1[nH]c2ccccc2s1.[K+].[K+]. The summed E-state index contributed by atoms with van der Waals surface area (Å²) in [5, 5.41) is 34.2. The van der Waals surface area contributed by atoms with Gasteiger partial charge in [0.1, 0.15) is 0 Å². The van der Waals surface area contributed by atoms with E-state index >= 15 is 0 Å². The molecule has 1 aromatic carbocycles. The van der Waals surface area contributed by atoms with Gasteiger partial charge in [0, 0.05) is 6.54 Å². The number of rotatable bonds is 5. The maximum absolute atomic E-state index is 9.00. The molecule has 0 aliphatic carbocycles. The molecule has 26 heavy (non-hydrogen) atoms. The van der Waals surface area contributed by atoms with Gasteiger partial charge in [-0.3, -0.25) is 0 Å². The summed E-state index contributed by atoms with van der Waals surface area (Å²) >= 11 is 6.59. The second-order valence-corrected chi connectivity index (χ2v) is 6.30. The second kappa shape index (κ2) is 20.0. The molecule has 11 heteroatoms. The number of carbonyl (C=O) groups is 1. The van der Waals surface area contributed by atoms with E-state index in [9.17, 15) is 0 Å². The summed E-state index contributed by atoms with van der Waals surface area (Å²) in [6, 6.07) is 8.11. The van der Waals surface area contributed by atoms with Crippen LogP contribution in [0.3, 0.4) is 0 Å². The Morgan fingerprint density at radius 2 is 1.77 bits per heavy atom. The number of nitrogens with one attached hydrogen (secondary N) is 1. The summed E-state index contributed by atoms with van der Waals surface area (Å²) in [5.41, 5.74) is 1.14. The monoisotopic (exact) mass is 452 g/mol. The Labute approximate surface area is 247 Å². The normalized spacial score (nSPS) is 10.3. The third-order valence-corrected chi connectivity index (χ3v) is 4.12. The van der Waals surface area contributed by atoms with Gasteiger partial charge in [-0.2, -0.15) is 0 Å². The maximum Gasteiger partial charge on any atom is 1.00 e. The van der Waals surface area contributed by atoms with Crippen LogP contribution >= 0.6 is 23.6 Å². The summed E-state index contributed by atoms with van der Waals surface area (Å²) < 4.78 is 2.08. The van der Waals surface area contributed by atoms with Crippen LogP contribution in [0.1, 0.15) is 13.8 Å². The first-order chi connectivity index (χ1) is 11.3. The Kier molecular flexibility index (Phi) is 25.0. The van der Waals surface area contributed by atoms with Gasteiger partial charge in [0.15, 0.2) is 3.95 Å². The number of carboxylic acid groups (broad SMARTS) is 2. The predicted molar refractivity (Wildman–Crippen MR) is 93.3 cm³/mol.